The van der Waals surface area contributed by atoms with Gasteiger partial charge in [-0.1, -0.05) is 6.92 Å². The molecule has 0 unspecified atom stereocenters. The predicted molar refractivity (Wildman–Crippen MR) is 80.0 cm³/mol. The van der Waals surface area contributed by atoms with Crippen LogP contribution in [0.2, 0.25) is 0 Å². The second-order valence-electron chi connectivity index (χ2n) is 5.34. The van der Waals surface area contributed by atoms with Crippen molar-refractivity contribution < 1.29 is 0 Å². The maximum absolute atomic E-state index is 11.8. The van der Waals surface area contributed by atoms with Gasteiger partial charge in [-0.2, -0.15) is 0 Å². The van der Waals surface area contributed by atoms with Crippen molar-refractivity contribution in [1.29, 1.82) is 0 Å². The molecule has 0 aromatic carbocycles. The molecule has 1 aliphatic rings. The third-order valence-corrected chi connectivity index (χ3v) is 4.09. The van der Waals surface area contributed by atoms with Crippen LogP contribution in [0.5, 0.6) is 0 Å². The molecule has 20 heavy (non-hydrogen) atoms. The van der Waals surface area contributed by atoms with E-state index in [0.717, 1.165) is 32.5 Å². The van der Waals surface area contributed by atoms with Gasteiger partial charge < -0.3 is 16.0 Å². The Hall–Kier alpha value is -1.76. The smallest absolute Gasteiger partial charge is 0.329 e. The molecule has 7 heteroatoms. The van der Waals surface area contributed by atoms with Crippen molar-refractivity contribution in [3.05, 3.63) is 20.8 Å². The quantitative estimate of drug-likeness (QED) is 0.710. The topological polar surface area (TPSA) is 96.2 Å². The van der Waals surface area contributed by atoms with Gasteiger partial charge in [0, 0.05) is 13.6 Å². The highest BCUT2D eigenvalue weighted by molar-refractivity contribution is 5.60. The molecule has 0 atom stereocenters. The van der Waals surface area contributed by atoms with Crippen molar-refractivity contribution in [2.24, 2.45) is 13.0 Å². The molecule has 2 heterocycles. The number of nitrogens with one attached hydrogen (secondary N) is 2. The molecule has 2 rings (SSSR count). The Labute approximate surface area is 117 Å². The Bertz CT molecular complexity index is 569. The molecular formula is C13H23N5O2. The zero-order valence-corrected chi connectivity index (χ0v) is 12.1. The molecule has 112 valence electrons. The van der Waals surface area contributed by atoms with Crippen LogP contribution in [0.1, 0.15) is 19.8 Å². The molecule has 0 aliphatic carbocycles. The largest absolute Gasteiger partial charge is 0.383 e. The van der Waals surface area contributed by atoms with Gasteiger partial charge in [-0.15, -0.1) is 0 Å². The molecule has 1 aliphatic heterocycles. The minimum absolute atomic E-state index is 0.185. The van der Waals surface area contributed by atoms with E-state index in [2.05, 4.69) is 22.1 Å². The molecule has 1 saturated heterocycles. The van der Waals surface area contributed by atoms with Gasteiger partial charge in [0.2, 0.25) is 0 Å². The molecule has 0 amide bonds. The summed E-state index contributed by atoms with van der Waals surface area (Å²) in [5.74, 6) is 0.721. The van der Waals surface area contributed by atoms with Crippen LogP contribution in [0.25, 0.3) is 0 Å². The van der Waals surface area contributed by atoms with Crippen LogP contribution >= 0.6 is 0 Å². The summed E-state index contributed by atoms with van der Waals surface area (Å²) < 4.78 is 1.24. The first kappa shape index (κ1) is 14.6. The lowest BCUT2D eigenvalue weighted by Gasteiger charge is -2.31. The van der Waals surface area contributed by atoms with E-state index in [9.17, 15) is 9.59 Å². The number of nitrogens with two attached hydrogens (primary N) is 1. The van der Waals surface area contributed by atoms with E-state index in [0.29, 0.717) is 18.2 Å². The van der Waals surface area contributed by atoms with Gasteiger partial charge >= 0.3 is 5.69 Å². The fourth-order valence-corrected chi connectivity index (χ4v) is 2.56. The number of hydrogen-bond acceptors (Lipinski definition) is 5. The fraction of sp³-hybridized carbons (Fsp3) is 0.692. The van der Waals surface area contributed by atoms with Gasteiger partial charge in [0.05, 0.1) is 0 Å². The SMILES string of the molecule is CCN1CCC(CNc2c(N)n(C)c(=O)[nH]c2=O)CC1. The summed E-state index contributed by atoms with van der Waals surface area (Å²) in [4.78, 5) is 27.8. The number of H-pyrrole nitrogens is 1. The number of aromatic amines is 1. The lowest BCUT2D eigenvalue weighted by atomic mass is 9.97. The van der Waals surface area contributed by atoms with Crippen LogP contribution < -0.4 is 22.3 Å². The Kier molecular flexibility index (Phi) is 4.49. The molecule has 1 aromatic heterocycles. The monoisotopic (exact) mass is 281 g/mol. The maximum atomic E-state index is 11.8. The first-order valence-electron chi connectivity index (χ1n) is 7.08. The van der Waals surface area contributed by atoms with Crippen molar-refractivity contribution in [2.45, 2.75) is 19.8 Å². The standard InChI is InChI=1S/C13H23N5O2/c1-3-18-6-4-9(5-7-18)8-15-10-11(14)17(2)13(20)16-12(10)19/h9,15H,3-8,14H2,1-2H3,(H,16,19,20). The molecule has 0 radical (unpaired) electrons. The molecule has 1 aromatic rings. The zero-order chi connectivity index (χ0) is 14.7. The Balaban J connectivity index is 2.00. The van der Waals surface area contributed by atoms with Gasteiger partial charge in [0.1, 0.15) is 11.5 Å². The summed E-state index contributed by atoms with van der Waals surface area (Å²) in [6.45, 7) is 6.17. The molecule has 4 N–H and O–H groups in total. The normalized spacial score (nSPS) is 17.3. The van der Waals surface area contributed by atoms with E-state index in [1.54, 1.807) is 7.05 Å². The highest BCUT2D eigenvalue weighted by Crippen LogP contribution is 2.18. The summed E-state index contributed by atoms with van der Waals surface area (Å²) >= 11 is 0. The summed E-state index contributed by atoms with van der Waals surface area (Å²) in [5, 5.41) is 3.10. The highest BCUT2D eigenvalue weighted by atomic mass is 16.2. The van der Waals surface area contributed by atoms with E-state index >= 15 is 0 Å². The van der Waals surface area contributed by atoms with E-state index in [4.69, 9.17) is 5.73 Å². The first-order chi connectivity index (χ1) is 9.52. The summed E-state index contributed by atoms with van der Waals surface area (Å²) in [6.07, 6.45) is 2.23. The Morgan fingerprint density at radius 3 is 2.60 bits per heavy atom. The highest BCUT2D eigenvalue weighted by Gasteiger charge is 2.19. The molecule has 0 bridgehead atoms. The van der Waals surface area contributed by atoms with E-state index in [1.165, 1.54) is 4.57 Å². The van der Waals surface area contributed by atoms with Crippen LogP contribution in [0, 0.1) is 5.92 Å². The lowest BCUT2D eigenvalue weighted by molar-refractivity contribution is 0.198. The first-order valence-corrected chi connectivity index (χ1v) is 7.08. The van der Waals surface area contributed by atoms with Gasteiger partial charge in [0.25, 0.3) is 5.56 Å². The number of anilines is 2. The van der Waals surface area contributed by atoms with E-state index in [-0.39, 0.29) is 5.82 Å². The van der Waals surface area contributed by atoms with Crippen molar-refractivity contribution in [3.63, 3.8) is 0 Å². The van der Waals surface area contributed by atoms with Crippen LogP contribution in [0.4, 0.5) is 11.5 Å². The number of nitrogens with zero attached hydrogens (tertiary/aromatic N) is 2. The van der Waals surface area contributed by atoms with Crippen LogP contribution in [-0.2, 0) is 7.05 Å². The minimum atomic E-state index is -0.491. The molecule has 1 fully saturated rings. The van der Waals surface area contributed by atoms with E-state index in [1.807, 2.05) is 0 Å². The Morgan fingerprint density at radius 1 is 1.35 bits per heavy atom. The van der Waals surface area contributed by atoms with Crippen LogP contribution in [0.3, 0.4) is 0 Å². The number of piperidine rings is 1. The second kappa shape index (κ2) is 6.13. The van der Waals surface area contributed by atoms with Crippen LogP contribution in [-0.4, -0.2) is 40.6 Å². The average molecular weight is 281 g/mol. The van der Waals surface area contributed by atoms with Crippen LogP contribution in [0.15, 0.2) is 9.59 Å². The third-order valence-electron chi connectivity index (χ3n) is 4.09. The summed E-state index contributed by atoms with van der Waals surface area (Å²) in [7, 11) is 1.54. The van der Waals surface area contributed by atoms with Gasteiger partial charge in [-0.25, -0.2) is 4.79 Å². The second-order valence-corrected chi connectivity index (χ2v) is 5.34. The van der Waals surface area contributed by atoms with Crippen molar-refractivity contribution in [2.75, 3.05) is 37.2 Å². The Morgan fingerprint density at radius 2 is 2.00 bits per heavy atom. The van der Waals surface area contributed by atoms with E-state index < -0.39 is 11.2 Å². The van der Waals surface area contributed by atoms with Crippen molar-refractivity contribution in [3.8, 4) is 0 Å². The number of rotatable bonds is 4. The molecule has 7 nitrogen and oxygen atoms in total. The molecule has 0 spiro atoms. The summed E-state index contributed by atoms with van der Waals surface area (Å²) in [6, 6.07) is 0. The number of likely N-dealkylation sites (tertiary alicyclic amines) is 1. The molecular weight excluding hydrogens is 258 g/mol. The van der Waals surface area contributed by atoms with Crippen molar-refractivity contribution >= 4 is 11.5 Å². The number of nitrogen functional groups attached to an aromatic ring is 1. The zero-order valence-electron chi connectivity index (χ0n) is 12.1. The van der Waals surface area contributed by atoms with Crippen molar-refractivity contribution in [1.82, 2.24) is 14.5 Å². The summed E-state index contributed by atoms with van der Waals surface area (Å²) in [5.41, 5.74) is 5.17. The molecule has 0 saturated carbocycles. The lowest BCUT2D eigenvalue weighted by Crippen LogP contribution is -2.37. The van der Waals surface area contributed by atoms with Gasteiger partial charge in [-0.05, 0) is 38.4 Å². The van der Waals surface area contributed by atoms with Gasteiger partial charge in [-0.3, -0.25) is 14.3 Å². The average Bonchev–Trinajstić information content (AvgIpc) is 2.45. The number of aromatic nitrogens is 2. The maximum Gasteiger partial charge on any atom is 0.329 e. The van der Waals surface area contributed by atoms with Gasteiger partial charge in [0.15, 0.2) is 0 Å². The number of hydrogen-bond donors (Lipinski definition) is 3. The minimum Gasteiger partial charge on any atom is -0.383 e. The predicted octanol–water partition coefficient (Wildman–Crippen LogP) is -0.200. The third kappa shape index (κ3) is 3.04. The fourth-order valence-electron chi connectivity index (χ4n) is 2.56.